The average molecular weight is 210 g/mol. The molecule has 1 N–H and O–H groups in total. The van der Waals surface area contributed by atoms with E-state index in [9.17, 15) is 4.79 Å². The van der Waals surface area contributed by atoms with Crippen LogP contribution in [0.1, 0.15) is 32.6 Å². The van der Waals surface area contributed by atoms with Gasteiger partial charge in [-0.3, -0.25) is 0 Å². The van der Waals surface area contributed by atoms with E-state index in [0.717, 1.165) is 0 Å². The lowest BCUT2D eigenvalue weighted by Crippen LogP contribution is -2.44. The summed E-state index contributed by atoms with van der Waals surface area (Å²) in [7, 11) is 0. The minimum absolute atomic E-state index is 0.186. The standard InChI is InChI=1S/C11H18N2O2/c1-2-15-11(14)10-7-8-13(12-10)9-5-3-4-6-9/h7-10,12H,2-6H2,1H3. The van der Waals surface area contributed by atoms with Crippen LogP contribution >= 0.6 is 0 Å². The molecular formula is C11H18N2O2. The van der Waals surface area contributed by atoms with Crippen LogP contribution in [0.5, 0.6) is 0 Å². The van der Waals surface area contributed by atoms with Gasteiger partial charge in [-0.25, -0.2) is 10.2 Å². The van der Waals surface area contributed by atoms with Gasteiger partial charge in [0.05, 0.1) is 6.61 Å². The van der Waals surface area contributed by atoms with Gasteiger partial charge < -0.3 is 9.75 Å². The van der Waals surface area contributed by atoms with Crippen LogP contribution in [0.2, 0.25) is 0 Å². The molecule has 15 heavy (non-hydrogen) atoms. The summed E-state index contributed by atoms with van der Waals surface area (Å²) < 4.78 is 4.96. The summed E-state index contributed by atoms with van der Waals surface area (Å²) in [4.78, 5) is 11.4. The summed E-state index contributed by atoms with van der Waals surface area (Å²) in [6, 6.07) is 0.270. The number of ether oxygens (including phenoxy) is 1. The number of hydrogen-bond acceptors (Lipinski definition) is 4. The highest BCUT2D eigenvalue weighted by molar-refractivity contribution is 5.78. The summed E-state index contributed by atoms with van der Waals surface area (Å²) in [6.45, 7) is 2.26. The molecule has 0 saturated heterocycles. The SMILES string of the molecule is CCOC(=O)C1C=CN(C2CCCC2)N1. The molecule has 0 aromatic heterocycles. The number of nitrogens with one attached hydrogen (secondary N) is 1. The maximum Gasteiger partial charge on any atom is 0.328 e. The number of esters is 1. The van der Waals surface area contributed by atoms with Gasteiger partial charge in [-0.15, -0.1) is 0 Å². The predicted molar refractivity (Wildman–Crippen MR) is 56.8 cm³/mol. The molecule has 1 aliphatic heterocycles. The smallest absolute Gasteiger partial charge is 0.328 e. The van der Waals surface area contributed by atoms with Crippen molar-refractivity contribution in [1.29, 1.82) is 0 Å². The average Bonchev–Trinajstić information content (AvgIpc) is 2.89. The summed E-state index contributed by atoms with van der Waals surface area (Å²) in [5, 5.41) is 2.06. The van der Waals surface area contributed by atoms with E-state index in [0.29, 0.717) is 12.6 Å². The Labute approximate surface area is 90.2 Å². The fourth-order valence-corrected chi connectivity index (χ4v) is 2.20. The first-order chi connectivity index (χ1) is 7.31. The van der Waals surface area contributed by atoms with Crippen LogP contribution in [-0.4, -0.2) is 29.7 Å². The number of hydrogen-bond donors (Lipinski definition) is 1. The first-order valence-electron chi connectivity index (χ1n) is 5.70. The third-order valence-corrected chi connectivity index (χ3v) is 2.99. The number of carbonyl (C=O) groups excluding carboxylic acids is 1. The molecule has 0 radical (unpaired) electrons. The normalized spacial score (nSPS) is 26.2. The fourth-order valence-electron chi connectivity index (χ4n) is 2.20. The van der Waals surface area contributed by atoms with Crippen LogP contribution in [0.15, 0.2) is 12.3 Å². The van der Waals surface area contributed by atoms with Gasteiger partial charge in [0.2, 0.25) is 0 Å². The fraction of sp³-hybridized carbons (Fsp3) is 0.727. The number of rotatable bonds is 3. The molecule has 1 unspecified atom stereocenters. The van der Waals surface area contributed by atoms with E-state index in [4.69, 9.17) is 4.74 Å². The third-order valence-electron chi connectivity index (χ3n) is 2.99. The van der Waals surface area contributed by atoms with E-state index in [1.165, 1.54) is 25.7 Å². The van der Waals surface area contributed by atoms with Crippen molar-refractivity contribution < 1.29 is 9.53 Å². The molecule has 0 aromatic rings. The second kappa shape index (κ2) is 4.66. The summed E-state index contributed by atoms with van der Waals surface area (Å²) in [6.07, 6.45) is 8.86. The largest absolute Gasteiger partial charge is 0.465 e. The Morgan fingerprint density at radius 3 is 2.93 bits per heavy atom. The minimum Gasteiger partial charge on any atom is -0.465 e. The van der Waals surface area contributed by atoms with Gasteiger partial charge in [-0.1, -0.05) is 12.8 Å². The molecule has 2 aliphatic rings. The van der Waals surface area contributed by atoms with Crippen molar-refractivity contribution in [2.24, 2.45) is 0 Å². The lowest BCUT2D eigenvalue weighted by Gasteiger charge is -2.25. The molecule has 1 atom stereocenters. The van der Waals surface area contributed by atoms with Crippen LogP contribution in [0.25, 0.3) is 0 Å². The molecule has 0 amide bonds. The number of nitrogens with zero attached hydrogens (tertiary/aromatic N) is 1. The zero-order valence-corrected chi connectivity index (χ0v) is 9.11. The van der Waals surface area contributed by atoms with Crippen LogP contribution < -0.4 is 5.43 Å². The number of hydrazine groups is 1. The van der Waals surface area contributed by atoms with Crippen molar-refractivity contribution in [3.05, 3.63) is 12.3 Å². The van der Waals surface area contributed by atoms with Gasteiger partial charge in [-0.05, 0) is 25.8 Å². The lowest BCUT2D eigenvalue weighted by molar-refractivity contribution is -0.145. The van der Waals surface area contributed by atoms with Crippen molar-refractivity contribution in [2.45, 2.75) is 44.7 Å². The molecule has 1 aliphatic carbocycles. The van der Waals surface area contributed by atoms with Crippen molar-refractivity contribution >= 4 is 5.97 Å². The third kappa shape index (κ3) is 2.31. The maximum atomic E-state index is 11.4. The first kappa shape index (κ1) is 10.5. The predicted octanol–water partition coefficient (Wildman–Crippen LogP) is 1.19. The number of carbonyl (C=O) groups is 1. The van der Waals surface area contributed by atoms with Crippen LogP contribution in [0.3, 0.4) is 0 Å². The van der Waals surface area contributed by atoms with Gasteiger partial charge in [0.1, 0.15) is 6.04 Å². The van der Waals surface area contributed by atoms with Gasteiger partial charge in [-0.2, -0.15) is 0 Å². The Morgan fingerprint density at radius 2 is 2.27 bits per heavy atom. The Balaban J connectivity index is 1.84. The van der Waals surface area contributed by atoms with Gasteiger partial charge in [0, 0.05) is 12.2 Å². The van der Waals surface area contributed by atoms with Crippen LogP contribution in [-0.2, 0) is 9.53 Å². The van der Waals surface area contributed by atoms with Crippen molar-refractivity contribution in [1.82, 2.24) is 10.4 Å². The van der Waals surface area contributed by atoms with Crippen LogP contribution in [0, 0.1) is 0 Å². The van der Waals surface area contributed by atoms with E-state index in [1.807, 2.05) is 19.2 Å². The molecule has 4 heteroatoms. The highest BCUT2D eigenvalue weighted by Crippen LogP contribution is 2.24. The van der Waals surface area contributed by atoms with Crippen molar-refractivity contribution in [3.63, 3.8) is 0 Å². The van der Waals surface area contributed by atoms with Crippen molar-refractivity contribution in [3.8, 4) is 0 Å². The molecule has 0 bridgehead atoms. The Bertz CT molecular complexity index is 259. The van der Waals surface area contributed by atoms with Gasteiger partial charge >= 0.3 is 5.97 Å². The maximum absolute atomic E-state index is 11.4. The van der Waals surface area contributed by atoms with E-state index in [1.54, 1.807) is 0 Å². The van der Waals surface area contributed by atoms with E-state index >= 15 is 0 Å². The molecular weight excluding hydrogens is 192 g/mol. The van der Waals surface area contributed by atoms with Gasteiger partial charge in [0.15, 0.2) is 0 Å². The Kier molecular flexibility index (Phi) is 3.26. The Morgan fingerprint density at radius 1 is 1.53 bits per heavy atom. The molecule has 1 saturated carbocycles. The molecule has 4 nitrogen and oxygen atoms in total. The topological polar surface area (TPSA) is 41.6 Å². The minimum atomic E-state index is -0.287. The van der Waals surface area contributed by atoms with Crippen LogP contribution in [0.4, 0.5) is 0 Å². The monoisotopic (exact) mass is 210 g/mol. The molecule has 1 fully saturated rings. The first-order valence-corrected chi connectivity index (χ1v) is 5.70. The van der Waals surface area contributed by atoms with E-state index in [2.05, 4.69) is 10.4 Å². The molecule has 0 aromatic carbocycles. The van der Waals surface area contributed by atoms with Crippen molar-refractivity contribution in [2.75, 3.05) is 6.61 Å². The zero-order chi connectivity index (χ0) is 10.7. The quantitative estimate of drug-likeness (QED) is 0.711. The molecule has 1 heterocycles. The van der Waals surface area contributed by atoms with Gasteiger partial charge in [0.25, 0.3) is 0 Å². The molecule has 0 spiro atoms. The second-order valence-electron chi connectivity index (χ2n) is 4.05. The highest BCUT2D eigenvalue weighted by Gasteiger charge is 2.28. The summed E-state index contributed by atoms with van der Waals surface area (Å²) in [5.41, 5.74) is 3.17. The molecule has 2 rings (SSSR count). The van der Waals surface area contributed by atoms with E-state index < -0.39 is 0 Å². The Hall–Kier alpha value is -1.03. The van der Waals surface area contributed by atoms with E-state index in [-0.39, 0.29) is 12.0 Å². The summed E-state index contributed by atoms with van der Waals surface area (Å²) in [5.74, 6) is -0.186. The lowest BCUT2D eigenvalue weighted by atomic mass is 10.2. The second-order valence-corrected chi connectivity index (χ2v) is 4.05. The summed E-state index contributed by atoms with van der Waals surface area (Å²) >= 11 is 0. The highest BCUT2D eigenvalue weighted by atomic mass is 16.5. The zero-order valence-electron chi connectivity index (χ0n) is 9.11. The molecule has 84 valence electrons.